The van der Waals surface area contributed by atoms with E-state index in [0.29, 0.717) is 26.1 Å². The van der Waals surface area contributed by atoms with Crippen LogP contribution in [0.3, 0.4) is 0 Å². The van der Waals surface area contributed by atoms with Crippen LogP contribution >= 0.6 is 0 Å². The van der Waals surface area contributed by atoms with Gasteiger partial charge in [0.1, 0.15) is 23.8 Å². The number of aliphatic hydroxyl groups excluding tert-OH is 1. The molecule has 3 amide bonds. The predicted molar refractivity (Wildman–Crippen MR) is 136 cm³/mol. The number of ether oxygens (including phenoxy) is 1. The highest BCUT2D eigenvalue weighted by atomic mass is 16.5. The number of benzene rings is 1. The van der Waals surface area contributed by atoms with Gasteiger partial charge >= 0.3 is 0 Å². The molecule has 1 spiro atoms. The van der Waals surface area contributed by atoms with Crippen molar-refractivity contribution in [3.8, 4) is 0 Å². The lowest BCUT2D eigenvalue weighted by atomic mass is 9.77. The molecule has 11 nitrogen and oxygen atoms in total. The highest BCUT2D eigenvalue weighted by molar-refractivity contribution is 5.99. The lowest BCUT2D eigenvalue weighted by molar-refractivity contribution is -0.149. The second-order valence-electron chi connectivity index (χ2n) is 10.3. The maximum absolute atomic E-state index is 14.2. The molecule has 0 aliphatic carbocycles. The molecule has 6 rings (SSSR count). The van der Waals surface area contributed by atoms with Gasteiger partial charge in [-0.2, -0.15) is 0 Å². The minimum absolute atomic E-state index is 0.115. The van der Waals surface area contributed by atoms with Gasteiger partial charge in [0.05, 0.1) is 23.5 Å². The van der Waals surface area contributed by atoms with Crippen molar-refractivity contribution in [2.75, 3.05) is 32.8 Å². The Morgan fingerprint density at radius 1 is 1.05 bits per heavy atom. The highest BCUT2D eigenvalue weighted by Crippen LogP contribution is 2.53. The van der Waals surface area contributed by atoms with Gasteiger partial charge in [-0.25, -0.2) is 4.68 Å². The number of aromatic nitrogens is 3. The van der Waals surface area contributed by atoms with Crippen LogP contribution in [0.15, 0.2) is 48.6 Å². The normalized spacial score (nSPS) is 30.6. The van der Waals surface area contributed by atoms with Gasteiger partial charge in [0.25, 0.3) is 5.91 Å². The summed E-state index contributed by atoms with van der Waals surface area (Å²) in [6, 6.07) is 6.57. The summed E-state index contributed by atoms with van der Waals surface area (Å²) in [5.41, 5.74) is 0.253. The molecule has 2 saturated heterocycles. The van der Waals surface area contributed by atoms with Crippen molar-refractivity contribution < 1.29 is 24.2 Å². The van der Waals surface area contributed by atoms with Gasteiger partial charge in [0.2, 0.25) is 11.8 Å². The Bertz CT molecular complexity index is 1320. The molecule has 1 aromatic heterocycles. The van der Waals surface area contributed by atoms with E-state index in [1.807, 2.05) is 55.5 Å². The zero-order valence-corrected chi connectivity index (χ0v) is 21.3. The molecule has 38 heavy (non-hydrogen) atoms. The Morgan fingerprint density at radius 3 is 2.68 bits per heavy atom. The van der Waals surface area contributed by atoms with Crippen LogP contribution in [0.5, 0.6) is 0 Å². The average Bonchev–Trinajstić information content (AvgIpc) is 3.47. The van der Waals surface area contributed by atoms with E-state index in [4.69, 9.17) is 4.74 Å². The van der Waals surface area contributed by atoms with Gasteiger partial charge in [0.15, 0.2) is 0 Å². The van der Waals surface area contributed by atoms with Gasteiger partial charge in [0, 0.05) is 32.8 Å². The van der Waals surface area contributed by atoms with E-state index in [1.165, 1.54) is 4.90 Å². The number of carbonyl (C=O) groups excluding carboxylic acids is 3. The first-order valence-corrected chi connectivity index (χ1v) is 13.3. The maximum atomic E-state index is 14.2. The summed E-state index contributed by atoms with van der Waals surface area (Å²) < 4.78 is 8.28. The Morgan fingerprint density at radius 2 is 1.87 bits per heavy atom. The molecule has 1 N–H and O–H groups in total. The van der Waals surface area contributed by atoms with Crippen molar-refractivity contribution in [1.82, 2.24) is 29.7 Å². The van der Waals surface area contributed by atoms with Crippen molar-refractivity contribution in [2.45, 2.75) is 44.2 Å². The molecule has 0 saturated carbocycles. The van der Waals surface area contributed by atoms with Crippen molar-refractivity contribution in [3.63, 3.8) is 0 Å². The summed E-state index contributed by atoms with van der Waals surface area (Å²) in [5.74, 6) is -2.20. The van der Waals surface area contributed by atoms with Crippen LogP contribution in [0, 0.1) is 11.8 Å². The van der Waals surface area contributed by atoms with Gasteiger partial charge in [-0.1, -0.05) is 48.6 Å². The fraction of sp³-hybridized carbons (Fsp3) is 0.519. The molecule has 2 fully saturated rings. The number of amides is 3. The third-order valence-electron chi connectivity index (χ3n) is 8.10. The summed E-state index contributed by atoms with van der Waals surface area (Å²) in [7, 11) is 0. The third-order valence-corrected chi connectivity index (χ3v) is 8.10. The van der Waals surface area contributed by atoms with E-state index in [1.54, 1.807) is 14.5 Å². The number of carbonyl (C=O) groups is 3. The SMILES string of the molecule is CCCN1CC=C[C@@H]2O[C@]34C=CCN(Cn5nnc6ccccc65)C(=O)C3N(CCCO)C(=O)[C@@H]4[C@@H]2C1=O. The first kappa shape index (κ1) is 24.7. The molecule has 1 aromatic carbocycles. The molecule has 4 aliphatic heterocycles. The zero-order valence-electron chi connectivity index (χ0n) is 21.3. The van der Waals surface area contributed by atoms with Crippen molar-refractivity contribution in [1.29, 1.82) is 0 Å². The lowest BCUT2D eigenvalue weighted by Crippen LogP contribution is -2.55. The van der Waals surface area contributed by atoms with Crippen LogP contribution in [0.2, 0.25) is 0 Å². The molecule has 1 unspecified atom stereocenters. The number of hydrogen-bond donors (Lipinski definition) is 1. The van der Waals surface area contributed by atoms with Crippen LogP contribution in [-0.4, -0.2) is 103 Å². The average molecular weight is 521 g/mol. The molecular formula is C27H32N6O5. The molecule has 2 aromatic rings. The summed E-state index contributed by atoms with van der Waals surface area (Å²) in [6.45, 7) is 3.60. The maximum Gasteiger partial charge on any atom is 0.250 e. The Kier molecular flexibility index (Phi) is 6.27. The smallest absolute Gasteiger partial charge is 0.250 e. The Labute approximate surface area is 220 Å². The highest BCUT2D eigenvalue weighted by Gasteiger charge is 2.71. The summed E-state index contributed by atoms with van der Waals surface area (Å²) in [4.78, 5) is 46.9. The van der Waals surface area contributed by atoms with Crippen molar-refractivity contribution in [2.24, 2.45) is 11.8 Å². The largest absolute Gasteiger partial charge is 0.396 e. The van der Waals surface area contributed by atoms with E-state index in [9.17, 15) is 19.5 Å². The zero-order chi connectivity index (χ0) is 26.4. The molecule has 5 heterocycles. The number of rotatable bonds is 7. The fourth-order valence-electron chi connectivity index (χ4n) is 6.50. The van der Waals surface area contributed by atoms with Crippen LogP contribution in [0.25, 0.3) is 11.0 Å². The number of para-hydroxylation sites is 1. The third kappa shape index (κ3) is 3.67. The number of likely N-dealkylation sites (tertiary alicyclic amines) is 1. The predicted octanol–water partition coefficient (Wildman–Crippen LogP) is 0.559. The van der Waals surface area contributed by atoms with Crippen molar-refractivity contribution in [3.05, 3.63) is 48.6 Å². The number of aliphatic hydroxyl groups is 1. The van der Waals surface area contributed by atoms with Gasteiger partial charge < -0.3 is 24.5 Å². The summed E-state index contributed by atoms with van der Waals surface area (Å²) >= 11 is 0. The van der Waals surface area contributed by atoms with E-state index >= 15 is 0 Å². The van der Waals surface area contributed by atoms with Crippen LogP contribution in [0.1, 0.15) is 19.8 Å². The number of hydrogen-bond acceptors (Lipinski definition) is 7. The van der Waals surface area contributed by atoms with E-state index in [-0.39, 0.29) is 37.5 Å². The standard InChI is InChI=1S/C27H32N6O5/c1-2-12-30-13-5-10-20-21(24(30)35)22-25(36)32(15-7-16-34)23-26(37)31(14-6-11-27(22,23)38-20)17-33-19-9-4-3-8-18(19)28-29-33/h3-6,8-11,20-23,34H,2,7,12-17H2,1H3/t20-,21+,22-,23?,27-/m0/s1. The van der Waals surface area contributed by atoms with Gasteiger partial charge in [-0.05, 0) is 25.0 Å². The minimum atomic E-state index is -1.27. The molecular weight excluding hydrogens is 488 g/mol. The number of fused-ring (bicyclic) bond motifs is 3. The molecule has 5 atom stereocenters. The van der Waals surface area contributed by atoms with Gasteiger partial charge in [-0.3, -0.25) is 14.4 Å². The van der Waals surface area contributed by atoms with Gasteiger partial charge in [-0.15, -0.1) is 5.10 Å². The molecule has 0 radical (unpaired) electrons. The lowest BCUT2D eigenvalue weighted by Gasteiger charge is -2.35. The second-order valence-corrected chi connectivity index (χ2v) is 10.3. The van der Waals surface area contributed by atoms with Crippen LogP contribution in [-0.2, 0) is 25.8 Å². The second kappa shape index (κ2) is 9.63. The summed E-state index contributed by atoms with van der Waals surface area (Å²) in [6.07, 6.45) is 8.01. The van der Waals surface area contributed by atoms with Crippen molar-refractivity contribution >= 4 is 28.8 Å². The van der Waals surface area contributed by atoms with E-state index in [0.717, 1.165) is 17.5 Å². The quantitative estimate of drug-likeness (QED) is 0.530. The molecule has 4 aliphatic rings. The van der Waals surface area contributed by atoms with Crippen LogP contribution in [0.4, 0.5) is 0 Å². The monoisotopic (exact) mass is 520 g/mol. The molecule has 200 valence electrons. The van der Waals surface area contributed by atoms with Crippen LogP contribution < -0.4 is 0 Å². The van der Waals surface area contributed by atoms with E-state index in [2.05, 4.69) is 10.3 Å². The first-order chi connectivity index (χ1) is 18.5. The Hall–Kier alpha value is -3.57. The first-order valence-electron chi connectivity index (χ1n) is 13.3. The number of nitrogens with zero attached hydrogens (tertiary/aromatic N) is 6. The Balaban J connectivity index is 1.38. The molecule has 11 heteroatoms. The molecule has 0 bridgehead atoms. The minimum Gasteiger partial charge on any atom is -0.396 e. The summed E-state index contributed by atoms with van der Waals surface area (Å²) in [5, 5.41) is 18.0. The topological polar surface area (TPSA) is 121 Å². The van der Waals surface area contributed by atoms with E-state index < -0.39 is 29.6 Å². The fourth-order valence-corrected chi connectivity index (χ4v) is 6.50.